The van der Waals surface area contributed by atoms with E-state index in [0.29, 0.717) is 48.9 Å². The van der Waals surface area contributed by atoms with E-state index in [1.54, 1.807) is 16.8 Å². The Hall–Kier alpha value is -3.21. The van der Waals surface area contributed by atoms with Crippen LogP contribution in [0.25, 0.3) is 11.7 Å². The van der Waals surface area contributed by atoms with Crippen molar-refractivity contribution >= 4 is 35.6 Å². The maximum absolute atomic E-state index is 11.8. The molecule has 11 heteroatoms. The molecule has 2 fully saturated rings. The number of urea groups is 1. The zero-order valence-corrected chi connectivity index (χ0v) is 14.8. The van der Waals surface area contributed by atoms with Crippen LogP contribution < -0.4 is 21.3 Å². The van der Waals surface area contributed by atoms with E-state index in [-0.39, 0.29) is 5.70 Å². The van der Waals surface area contributed by atoms with Crippen molar-refractivity contribution in [3.05, 3.63) is 17.5 Å². The summed E-state index contributed by atoms with van der Waals surface area (Å²) >= 11 is 0. The van der Waals surface area contributed by atoms with Gasteiger partial charge in [-0.05, 0) is 25.8 Å². The minimum atomic E-state index is -0.549. The number of carbonyl (C=O) groups is 2. The molecule has 3 amide bonds. The maximum Gasteiger partial charge on any atom is 0.326 e. The van der Waals surface area contributed by atoms with Crippen LogP contribution in [0.15, 0.2) is 11.9 Å². The second kappa shape index (κ2) is 7.19. The number of fused-ring (bicyclic) bond motifs is 1. The summed E-state index contributed by atoms with van der Waals surface area (Å²) in [5, 5.41) is 15.4. The SMILES string of the molecule is CCOCCNc1nc(NC2CC2)n2ncc(/C=C3\NC(=O)NC3=O)c2n1. The van der Waals surface area contributed by atoms with Crippen molar-refractivity contribution in [1.29, 1.82) is 0 Å². The van der Waals surface area contributed by atoms with Crippen LogP contribution in [-0.2, 0) is 9.53 Å². The van der Waals surface area contributed by atoms with E-state index >= 15 is 0 Å². The van der Waals surface area contributed by atoms with Gasteiger partial charge in [0.1, 0.15) is 5.70 Å². The highest BCUT2D eigenvalue weighted by atomic mass is 16.5. The average molecular weight is 372 g/mol. The van der Waals surface area contributed by atoms with Gasteiger partial charge in [-0.3, -0.25) is 10.1 Å². The largest absolute Gasteiger partial charge is 0.380 e. The van der Waals surface area contributed by atoms with Gasteiger partial charge in [0.05, 0.1) is 12.8 Å². The molecule has 1 saturated heterocycles. The number of nitrogens with one attached hydrogen (secondary N) is 4. The standard InChI is InChI=1S/C16H20N8O3/c1-2-27-6-5-17-14-21-12-9(7-11-13(25)22-16(26)20-11)8-18-24(12)15(23-14)19-10-3-4-10/h7-8,10H,2-6H2,1H3,(H2,17,19,21,23)(H2,20,22,25,26)/b11-7-. The summed E-state index contributed by atoms with van der Waals surface area (Å²) in [7, 11) is 0. The molecule has 0 atom stereocenters. The van der Waals surface area contributed by atoms with Crippen molar-refractivity contribution in [3.8, 4) is 0 Å². The highest BCUT2D eigenvalue weighted by molar-refractivity contribution is 6.14. The Morgan fingerprint density at radius 1 is 1.33 bits per heavy atom. The highest BCUT2D eigenvalue weighted by Crippen LogP contribution is 2.25. The molecule has 0 radical (unpaired) electrons. The number of carbonyl (C=O) groups excluding carboxylic acids is 2. The second-order valence-corrected chi connectivity index (χ2v) is 6.21. The van der Waals surface area contributed by atoms with E-state index < -0.39 is 11.9 Å². The van der Waals surface area contributed by atoms with Crippen molar-refractivity contribution in [1.82, 2.24) is 30.2 Å². The van der Waals surface area contributed by atoms with E-state index in [4.69, 9.17) is 4.74 Å². The molecular formula is C16H20N8O3. The Morgan fingerprint density at radius 2 is 2.19 bits per heavy atom. The van der Waals surface area contributed by atoms with Gasteiger partial charge in [-0.2, -0.15) is 19.6 Å². The summed E-state index contributed by atoms with van der Waals surface area (Å²) in [6.45, 7) is 3.68. The quantitative estimate of drug-likeness (QED) is 0.296. The first kappa shape index (κ1) is 17.2. The molecule has 2 aliphatic rings. The van der Waals surface area contributed by atoms with Crippen LogP contribution in [0.2, 0.25) is 0 Å². The fourth-order valence-electron chi connectivity index (χ4n) is 2.60. The lowest BCUT2D eigenvalue weighted by Gasteiger charge is -2.10. The van der Waals surface area contributed by atoms with Gasteiger partial charge in [0.2, 0.25) is 11.9 Å². The Kier molecular flexibility index (Phi) is 4.59. The van der Waals surface area contributed by atoms with Crippen LogP contribution in [0.3, 0.4) is 0 Å². The molecule has 27 heavy (non-hydrogen) atoms. The molecule has 11 nitrogen and oxygen atoms in total. The smallest absolute Gasteiger partial charge is 0.326 e. The first-order chi connectivity index (χ1) is 13.1. The molecule has 2 aromatic rings. The fraction of sp³-hybridized carbons (Fsp3) is 0.438. The topological polar surface area (TPSA) is 135 Å². The Bertz CT molecular complexity index is 918. The van der Waals surface area contributed by atoms with E-state index in [9.17, 15) is 9.59 Å². The van der Waals surface area contributed by atoms with Gasteiger partial charge < -0.3 is 20.7 Å². The van der Waals surface area contributed by atoms with Gasteiger partial charge in [0, 0.05) is 24.8 Å². The molecule has 1 aliphatic carbocycles. The number of imide groups is 1. The van der Waals surface area contributed by atoms with Crippen LogP contribution in [0, 0.1) is 0 Å². The first-order valence-corrected chi connectivity index (χ1v) is 8.82. The molecule has 0 spiro atoms. The molecule has 0 bridgehead atoms. The monoisotopic (exact) mass is 372 g/mol. The summed E-state index contributed by atoms with van der Waals surface area (Å²) in [5.41, 5.74) is 1.26. The van der Waals surface area contributed by atoms with E-state index in [0.717, 1.165) is 12.8 Å². The Labute approximate surface area is 154 Å². The number of nitrogens with zero attached hydrogens (tertiary/aromatic N) is 4. The summed E-state index contributed by atoms with van der Waals surface area (Å²) in [5.74, 6) is 0.524. The number of aromatic nitrogens is 4. The van der Waals surface area contributed by atoms with Gasteiger partial charge in [0.15, 0.2) is 5.65 Å². The van der Waals surface area contributed by atoms with Crippen LogP contribution in [0.1, 0.15) is 25.3 Å². The normalized spacial score (nSPS) is 18.0. The maximum atomic E-state index is 11.8. The minimum absolute atomic E-state index is 0.149. The van der Waals surface area contributed by atoms with Crippen molar-refractivity contribution in [3.63, 3.8) is 0 Å². The van der Waals surface area contributed by atoms with Crippen LogP contribution in [0.4, 0.5) is 16.7 Å². The molecule has 1 aliphatic heterocycles. The molecule has 1 saturated carbocycles. The van der Waals surface area contributed by atoms with Gasteiger partial charge in [-0.25, -0.2) is 4.79 Å². The molecule has 4 rings (SSSR count). The van der Waals surface area contributed by atoms with Crippen LogP contribution in [-0.4, -0.2) is 57.3 Å². The Morgan fingerprint density at radius 3 is 2.89 bits per heavy atom. The summed E-state index contributed by atoms with van der Waals surface area (Å²) in [6.07, 6.45) is 5.29. The number of amides is 3. The van der Waals surface area contributed by atoms with Gasteiger partial charge in [-0.15, -0.1) is 0 Å². The average Bonchev–Trinajstić information content (AvgIpc) is 3.28. The first-order valence-electron chi connectivity index (χ1n) is 8.82. The van der Waals surface area contributed by atoms with E-state index in [2.05, 4.69) is 36.3 Å². The van der Waals surface area contributed by atoms with Crippen LogP contribution in [0.5, 0.6) is 0 Å². The predicted molar refractivity (Wildman–Crippen MR) is 97.1 cm³/mol. The lowest BCUT2D eigenvalue weighted by molar-refractivity contribution is -0.115. The molecular weight excluding hydrogens is 352 g/mol. The third-order valence-electron chi connectivity index (χ3n) is 4.06. The molecule has 2 aromatic heterocycles. The number of hydrogen-bond donors (Lipinski definition) is 4. The molecule has 142 valence electrons. The third-order valence-corrected chi connectivity index (χ3v) is 4.06. The third kappa shape index (κ3) is 3.82. The molecule has 0 unspecified atom stereocenters. The summed E-state index contributed by atoms with van der Waals surface area (Å²) in [6, 6.07) is -0.169. The van der Waals surface area contributed by atoms with Crippen molar-refractivity contribution in [2.45, 2.75) is 25.8 Å². The number of rotatable bonds is 8. The van der Waals surface area contributed by atoms with Crippen LogP contribution >= 0.6 is 0 Å². The molecule has 0 aromatic carbocycles. The number of anilines is 2. The highest BCUT2D eigenvalue weighted by Gasteiger charge is 2.25. The summed E-state index contributed by atoms with van der Waals surface area (Å²) < 4.78 is 6.91. The Balaban J connectivity index is 1.67. The summed E-state index contributed by atoms with van der Waals surface area (Å²) in [4.78, 5) is 32.1. The van der Waals surface area contributed by atoms with Crippen molar-refractivity contribution < 1.29 is 14.3 Å². The van der Waals surface area contributed by atoms with Crippen molar-refractivity contribution in [2.24, 2.45) is 0 Å². The number of ether oxygens (including phenoxy) is 1. The van der Waals surface area contributed by atoms with E-state index in [1.807, 2.05) is 6.92 Å². The zero-order valence-electron chi connectivity index (χ0n) is 14.8. The lowest BCUT2D eigenvalue weighted by Crippen LogP contribution is -2.22. The van der Waals surface area contributed by atoms with Gasteiger partial charge >= 0.3 is 6.03 Å². The number of hydrogen-bond acceptors (Lipinski definition) is 8. The predicted octanol–water partition coefficient (Wildman–Crippen LogP) is 0.327. The van der Waals surface area contributed by atoms with Gasteiger partial charge in [-0.1, -0.05) is 0 Å². The fourth-order valence-corrected chi connectivity index (χ4v) is 2.60. The molecule has 3 heterocycles. The van der Waals surface area contributed by atoms with E-state index in [1.165, 1.54) is 0 Å². The van der Waals surface area contributed by atoms with Crippen molar-refractivity contribution in [2.75, 3.05) is 30.4 Å². The van der Waals surface area contributed by atoms with Gasteiger partial charge in [0.25, 0.3) is 5.91 Å². The lowest BCUT2D eigenvalue weighted by atomic mass is 10.2. The minimum Gasteiger partial charge on any atom is -0.380 e. The second-order valence-electron chi connectivity index (χ2n) is 6.21. The molecule has 4 N–H and O–H groups in total. The zero-order chi connectivity index (χ0) is 18.8.